The lowest BCUT2D eigenvalue weighted by Crippen LogP contribution is -2.28. The van der Waals surface area contributed by atoms with Crippen molar-refractivity contribution >= 4 is 5.84 Å². The van der Waals surface area contributed by atoms with E-state index < -0.39 is 0 Å². The van der Waals surface area contributed by atoms with Crippen molar-refractivity contribution in [3.05, 3.63) is 35.1 Å². The molecule has 2 rings (SSSR count). The van der Waals surface area contributed by atoms with Gasteiger partial charge in [-0.2, -0.15) is 0 Å². The Morgan fingerprint density at radius 2 is 2.18 bits per heavy atom. The van der Waals surface area contributed by atoms with Crippen LogP contribution in [0.5, 0.6) is 0 Å². The van der Waals surface area contributed by atoms with Crippen LogP contribution < -0.4 is 5.32 Å². The monoisotopic (exact) mass is 234 g/mol. The molecule has 0 radical (unpaired) electrons. The maximum atomic E-state index is 13.5. The SMILES string of the molecule is Cc1ccc(C(C)NC2=NCCCC2)cc1F. The van der Waals surface area contributed by atoms with Gasteiger partial charge in [-0.25, -0.2) is 4.39 Å². The summed E-state index contributed by atoms with van der Waals surface area (Å²) in [5, 5.41) is 3.37. The first-order chi connectivity index (χ1) is 8.16. The highest BCUT2D eigenvalue weighted by Gasteiger charge is 2.11. The third-order valence-electron chi connectivity index (χ3n) is 3.20. The number of hydrogen-bond donors (Lipinski definition) is 1. The molecule has 1 heterocycles. The van der Waals surface area contributed by atoms with Gasteiger partial charge in [-0.05, 0) is 43.9 Å². The number of aryl methyl sites for hydroxylation is 1. The van der Waals surface area contributed by atoms with Gasteiger partial charge in [0.2, 0.25) is 0 Å². The first kappa shape index (κ1) is 12.1. The van der Waals surface area contributed by atoms with Crippen molar-refractivity contribution in [2.24, 2.45) is 4.99 Å². The highest BCUT2D eigenvalue weighted by molar-refractivity contribution is 5.83. The van der Waals surface area contributed by atoms with E-state index >= 15 is 0 Å². The molecule has 0 bridgehead atoms. The van der Waals surface area contributed by atoms with Gasteiger partial charge in [-0.3, -0.25) is 4.99 Å². The summed E-state index contributed by atoms with van der Waals surface area (Å²) in [4.78, 5) is 4.45. The molecule has 1 aromatic rings. The summed E-state index contributed by atoms with van der Waals surface area (Å²) >= 11 is 0. The highest BCUT2D eigenvalue weighted by atomic mass is 19.1. The molecule has 1 aliphatic rings. The van der Waals surface area contributed by atoms with Crippen LogP contribution >= 0.6 is 0 Å². The van der Waals surface area contributed by atoms with E-state index in [4.69, 9.17) is 0 Å². The molecule has 1 unspecified atom stereocenters. The smallest absolute Gasteiger partial charge is 0.126 e. The van der Waals surface area contributed by atoms with E-state index in [1.165, 1.54) is 12.8 Å². The molecule has 92 valence electrons. The second-order valence-electron chi connectivity index (χ2n) is 4.66. The minimum Gasteiger partial charge on any atom is -0.367 e. The van der Waals surface area contributed by atoms with Crippen molar-refractivity contribution in [1.82, 2.24) is 5.32 Å². The van der Waals surface area contributed by atoms with Crippen LogP contribution in [0.15, 0.2) is 23.2 Å². The zero-order chi connectivity index (χ0) is 12.3. The van der Waals surface area contributed by atoms with Crippen LogP contribution in [0.3, 0.4) is 0 Å². The van der Waals surface area contributed by atoms with Crippen LogP contribution in [-0.2, 0) is 0 Å². The number of rotatable bonds is 2. The molecule has 2 nitrogen and oxygen atoms in total. The highest BCUT2D eigenvalue weighted by Crippen LogP contribution is 2.17. The fourth-order valence-corrected chi connectivity index (χ4v) is 2.03. The lowest BCUT2D eigenvalue weighted by molar-refractivity contribution is 0.606. The molecule has 1 aliphatic heterocycles. The Kier molecular flexibility index (Phi) is 3.77. The van der Waals surface area contributed by atoms with E-state index in [9.17, 15) is 4.39 Å². The van der Waals surface area contributed by atoms with Crippen LogP contribution in [0.4, 0.5) is 4.39 Å². The van der Waals surface area contributed by atoms with E-state index in [0.717, 1.165) is 24.4 Å². The van der Waals surface area contributed by atoms with Crippen LogP contribution in [0.2, 0.25) is 0 Å². The third kappa shape index (κ3) is 3.05. The number of aliphatic imine (C=N–C) groups is 1. The van der Waals surface area contributed by atoms with Gasteiger partial charge in [0.15, 0.2) is 0 Å². The summed E-state index contributed by atoms with van der Waals surface area (Å²) in [6, 6.07) is 5.52. The van der Waals surface area contributed by atoms with Crippen LogP contribution in [-0.4, -0.2) is 12.4 Å². The Labute approximate surface area is 102 Å². The quantitative estimate of drug-likeness (QED) is 0.833. The predicted molar refractivity (Wildman–Crippen MR) is 68.8 cm³/mol. The van der Waals surface area contributed by atoms with Crippen LogP contribution in [0.1, 0.15) is 43.4 Å². The van der Waals surface area contributed by atoms with Crippen molar-refractivity contribution in [3.63, 3.8) is 0 Å². The Morgan fingerprint density at radius 1 is 1.35 bits per heavy atom. The number of hydrogen-bond acceptors (Lipinski definition) is 2. The van der Waals surface area contributed by atoms with Crippen molar-refractivity contribution in [1.29, 1.82) is 0 Å². The molecule has 3 heteroatoms. The molecule has 1 aromatic carbocycles. The number of benzene rings is 1. The van der Waals surface area contributed by atoms with E-state index in [-0.39, 0.29) is 11.9 Å². The topological polar surface area (TPSA) is 24.4 Å². The predicted octanol–water partition coefficient (Wildman–Crippen LogP) is 3.37. The molecule has 0 saturated heterocycles. The van der Waals surface area contributed by atoms with Crippen LogP contribution in [0, 0.1) is 12.7 Å². The number of nitrogens with one attached hydrogen (secondary N) is 1. The Morgan fingerprint density at radius 3 is 2.82 bits per heavy atom. The summed E-state index contributed by atoms with van der Waals surface area (Å²) in [5.41, 5.74) is 1.66. The summed E-state index contributed by atoms with van der Waals surface area (Å²) in [6.45, 7) is 4.74. The van der Waals surface area contributed by atoms with Gasteiger partial charge in [-0.1, -0.05) is 12.1 Å². The van der Waals surface area contributed by atoms with E-state index in [0.29, 0.717) is 5.56 Å². The maximum absolute atomic E-state index is 13.5. The normalized spacial score (nSPS) is 17.5. The summed E-state index contributed by atoms with van der Waals surface area (Å²) < 4.78 is 13.5. The molecule has 0 aliphatic carbocycles. The van der Waals surface area contributed by atoms with Gasteiger partial charge in [0.05, 0.1) is 5.84 Å². The Bertz CT molecular complexity index is 426. The Hall–Kier alpha value is -1.38. The molecule has 0 saturated carbocycles. The third-order valence-corrected chi connectivity index (χ3v) is 3.20. The summed E-state index contributed by atoms with van der Waals surface area (Å²) in [5.74, 6) is 0.923. The summed E-state index contributed by atoms with van der Waals surface area (Å²) in [6.07, 6.45) is 3.39. The molecule has 0 fully saturated rings. The molecular formula is C14H19FN2. The average molecular weight is 234 g/mol. The molecule has 17 heavy (non-hydrogen) atoms. The Balaban J connectivity index is 2.06. The molecule has 1 N–H and O–H groups in total. The van der Waals surface area contributed by atoms with Crippen molar-refractivity contribution < 1.29 is 4.39 Å². The zero-order valence-corrected chi connectivity index (χ0v) is 10.5. The van der Waals surface area contributed by atoms with E-state index in [1.54, 1.807) is 13.0 Å². The van der Waals surface area contributed by atoms with E-state index in [1.807, 2.05) is 19.1 Å². The lowest BCUT2D eigenvalue weighted by atomic mass is 10.1. The molecule has 1 atom stereocenters. The van der Waals surface area contributed by atoms with Crippen LogP contribution in [0.25, 0.3) is 0 Å². The molecule has 0 aromatic heterocycles. The maximum Gasteiger partial charge on any atom is 0.126 e. The van der Waals surface area contributed by atoms with E-state index in [2.05, 4.69) is 10.3 Å². The second kappa shape index (κ2) is 5.30. The van der Waals surface area contributed by atoms with Gasteiger partial charge in [0, 0.05) is 19.0 Å². The second-order valence-corrected chi connectivity index (χ2v) is 4.66. The van der Waals surface area contributed by atoms with Gasteiger partial charge in [0.1, 0.15) is 5.82 Å². The lowest BCUT2D eigenvalue weighted by Gasteiger charge is -2.20. The van der Waals surface area contributed by atoms with Gasteiger partial charge in [-0.15, -0.1) is 0 Å². The average Bonchev–Trinajstić information content (AvgIpc) is 2.34. The number of nitrogens with zero attached hydrogens (tertiary/aromatic N) is 1. The van der Waals surface area contributed by atoms with Crippen molar-refractivity contribution in [3.8, 4) is 0 Å². The van der Waals surface area contributed by atoms with Gasteiger partial charge in [0.25, 0.3) is 0 Å². The van der Waals surface area contributed by atoms with Gasteiger partial charge < -0.3 is 5.32 Å². The fourth-order valence-electron chi connectivity index (χ4n) is 2.03. The minimum atomic E-state index is -0.137. The number of halogens is 1. The fraction of sp³-hybridized carbons (Fsp3) is 0.500. The standard InChI is InChI=1S/C14H19FN2/c1-10-6-7-12(9-13(10)15)11(2)17-14-5-3-4-8-16-14/h6-7,9,11H,3-5,8H2,1-2H3,(H,16,17). The zero-order valence-electron chi connectivity index (χ0n) is 10.5. The van der Waals surface area contributed by atoms with Crippen molar-refractivity contribution in [2.75, 3.05) is 6.54 Å². The first-order valence-electron chi connectivity index (χ1n) is 6.23. The first-order valence-corrected chi connectivity index (χ1v) is 6.23. The molecule has 0 spiro atoms. The van der Waals surface area contributed by atoms with Gasteiger partial charge >= 0.3 is 0 Å². The molecular weight excluding hydrogens is 215 g/mol. The number of amidine groups is 1. The minimum absolute atomic E-state index is 0.113. The molecule has 0 amide bonds. The summed E-state index contributed by atoms with van der Waals surface area (Å²) in [7, 11) is 0. The van der Waals surface area contributed by atoms with Crippen molar-refractivity contribution in [2.45, 2.75) is 39.2 Å². The largest absolute Gasteiger partial charge is 0.367 e.